The van der Waals surface area contributed by atoms with Gasteiger partial charge in [0.25, 0.3) is 0 Å². The summed E-state index contributed by atoms with van der Waals surface area (Å²) in [6.07, 6.45) is 0.841. The van der Waals surface area contributed by atoms with Crippen molar-refractivity contribution < 1.29 is 14.4 Å². The Labute approximate surface area is 131 Å². The molecule has 1 saturated heterocycles. The molecule has 0 unspecified atom stereocenters. The summed E-state index contributed by atoms with van der Waals surface area (Å²) in [6, 6.07) is 9.67. The summed E-state index contributed by atoms with van der Waals surface area (Å²) in [6.45, 7) is 4.46. The average Bonchev–Trinajstić information content (AvgIpc) is 2.85. The number of nitriles is 1. The molecule has 1 aromatic rings. The van der Waals surface area contributed by atoms with Gasteiger partial charge in [-0.25, -0.2) is 0 Å². The van der Waals surface area contributed by atoms with Crippen LogP contribution in [0.25, 0.3) is 0 Å². The first kappa shape index (κ1) is 16.5. The van der Waals surface area contributed by atoms with Crippen LogP contribution in [0.3, 0.4) is 0 Å². The monoisotopic (exact) mass is 302 g/mol. The normalized spacial score (nSPS) is 21.8. The van der Waals surface area contributed by atoms with Gasteiger partial charge in [0, 0.05) is 7.05 Å². The molecule has 0 bridgehead atoms. The topological polar surface area (TPSA) is 62.6 Å². The zero-order valence-corrected chi connectivity index (χ0v) is 13.3. The molecule has 0 aliphatic carbocycles. The molecule has 1 heterocycles. The van der Waals surface area contributed by atoms with E-state index in [0.717, 1.165) is 12.0 Å². The summed E-state index contributed by atoms with van der Waals surface area (Å²) in [5.41, 5.74) is 1.72. The van der Waals surface area contributed by atoms with Crippen molar-refractivity contribution in [3.63, 3.8) is 0 Å². The van der Waals surface area contributed by atoms with E-state index in [-0.39, 0.29) is 24.5 Å². The van der Waals surface area contributed by atoms with Gasteiger partial charge in [0.05, 0.1) is 36.8 Å². The van der Waals surface area contributed by atoms with Gasteiger partial charge < -0.3 is 4.74 Å². The maximum Gasteiger partial charge on any atom is 0.308 e. The lowest BCUT2D eigenvalue weighted by molar-refractivity contribution is -0.163. The molecular weight excluding hydrogens is 280 g/mol. The number of ether oxygens (including phenoxy) is 1. The number of hydrogen-bond donors (Lipinski definition) is 0. The number of esters is 1. The van der Waals surface area contributed by atoms with E-state index in [9.17, 15) is 4.79 Å². The Balaban J connectivity index is 1.91. The number of nitrogens with zero attached hydrogens (tertiary/aromatic N) is 2. The van der Waals surface area contributed by atoms with Crippen LogP contribution in [-0.4, -0.2) is 30.8 Å². The molecule has 0 N–H and O–H groups in total. The van der Waals surface area contributed by atoms with Crippen LogP contribution in [-0.2, 0) is 14.4 Å². The van der Waals surface area contributed by atoms with Gasteiger partial charge in [-0.3, -0.25) is 9.63 Å². The van der Waals surface area contributed by atoms with E-state index in [4.69, 9.17) is 14.8 Å². The van der Waals surface area contributed by atoms with E-state index in [2.05, 4.69) is 6.07 Å². The first-order chi connectivity index (χ1) is 10.5. The molecule has 5 nitrogen and oxygen atoms in total. The second-order valence-electron chi connectivity index (χ2n) is 6.04. The predicted octanol–water partition coefficient (Wildman–Crippen LogP) is 2.82. The highest BCUT2D eigenvalue weighted by molar-refractivity contribution is 5.70. The van der Waals surface area contributed by atoms with Gasteiger partial charge in [0.15, 0.2) is 0 Å². The maximum absolute atomic E-state index is 11.8. The molecule has 0 amide bonds. The molecule has 0 spiro atoms. The molecule has 1 aromatic carbocycles. The van der Waals surface area contributed by atoms with E-state index in [0.29, 0.717) is 18.1 Å². The number of carbonyl (C=O) groups is 1. The minimum atomic E-state index is -0.215. The second kappa shape index (κ2) is 7.39. The summed E-state index contributed by atoms with van der Waals surface area (Å²) < 4.78 is 5.20. The van der Waals surface area contributed by atoms with Gasteiger partial charge >= 0.3 is 5.97 Å². The summed E-state index contributed by atoms with van der Waals surface area (Å²) in [4.78, 5) is 17.5. The number of carbonyl (C=O) groups excluding carboxylic acids is 1. The Morgan fingerprint density at radius 3 is 2.73 bits per heavy atom. The van der Waals surface area contributed by atoms with E-state index < -0.39 is 0 Å². The minimum absolute atomic E-state index is 0.0932. The van der Waals surface area contributed by atoms with Crippen molar-refractivity contribution in [2.75, 3.05) is 13.7 Å². The Hall–Kier alpha value is -1.90. The highest BCUT2D eigenvalue weighted by Gasteiger charge is 2.33. The molecule has 1 aliphatic rings. The summed E-state index contributed by atoms with van der Waals surface area (Å²) >= 11 is 0. The first-order valence-corrected chi connectivity index (χ1v) is 7.55. The molecule has 2 rings (SSSR count). The zero-order valence-electron chi connectivity index (χ0n) is 13.3. The third kappa shape index (κ3) is 4.30. The standard InChI is InChI=1S/C17H22N2O3/c1-12(2)11-21-17(20)9-15-8-16(19(3)22-15)14-6-4-13(10-18)5-7-14/h4-7,12,15-16H,8-9,11H2,1-3H3/t15-,16+/m1/s1. The van der Waals surface area contributed by atoms with Crippen molar-refractivity contribution in [2.24, 2.45) is 5.92 Å². The highest BCUT2D eigenvalue weighted by atomic mass is 16.7. The fourth-order valence-corrected chi connectivity index (χ4v) is 2.50. The lowest BCUT2D eigenvalue weighted by atomic mass is 9.99. The zero-order chi connectivity index (χ0) is 16.1. The van der Waals surface area contributed by atoms with Crippen LogP contribution in [0.1, 0.15) is 43.9 Å². The van der Waals surface area contributed by atoms with Gasteiger partial charge in [-0.1, -0.05) is 26.0 Å². The van der Waals surface area contributed by atoms with Crippen LogP contribution in [0.5, 0.6) is 0 Å². The third-order valence-corrected chi connectivity index (χ3v) is 3.64. The molecule has 118 valence electrons. The molecule has 2 atom stereocenters. The van der Waals surface area contributed by atoms with Crippen LogP contribution in [0.2, 0.25) is 0 Å². The predicted molar refractivity (Wildman–Crippen MR) is 81.6 cm³/mol. The van der Waals surface area contributed by atoms with E-state index in [1.165, 1.54) is 0 Å². The number of hydrogen-bond acceptors (Lipinski definition) is 5. The summed E-state index contributed by atoms with van der Waals surface area (Å²) in [7, 11) is 1.86. The van der Waals surface area contributed by atoms with Gasteiger partial charge in [0.1, 0.15) is 0 Å². The Morgan fingerprint density at radius 2 is 2.14 bits per heavy atom. The molecule has 1 aliphatic heterocycles. The average molecular weight is 302 g/mol. The van der Waals surface area contributed by atoms with Crippen molar-refractivity contribution in [3.05, 3.63) is 35.4 Å². The molecule has 0 radical (unpaired) electrons. The Morgan fingerprint density at radius 1 is 1.45 bits per heavy atom. The van der Waals surface area contributed by atoms with Gasteiger partial charge in [-0.05, 0) is 30.0 Å². The minimum Gasteiger partial charge on any atom is -0.465 e. The molecule has 22 heavy (non-hydrogen) atoms. The van der Waals surface area contributed by atoms with Crippen LogP contribution in [0, 0.1) is 17.2 Å². The number of rotatable bonds is 5. The molecular formula is C17H22N2O3. The lowest BCUT2D eigenvalue weighted by Gasteiger charge is -2.17. The summed E-state index contributed by atoms with van der Waals surface area (Å²) in [5, 5.41) is 10.6. The molecule has 0 aromatic heterocycles. The second-order valence-corrected chi connectivity index (χ2v) is 6.04. The van der Waals surface area contributed by atoms with Crippen LogP contribution in [0.15, 0.2) is 24.3 Å². The smallest absolute Gasteiger partial charge is 0.308 e. The number of benzene rings is 1. The van der Waals surface area contributed by atoms with Crippen molar-refractivity contribution >= 4 is 5.97 Å². The largest absolute Gasteiger partial charge is 0.465 e. The molecule has 0 saturated carbocycles. The quantitative estimate of drug-likeness (QED) is 0.783. The van der Waals surface area contributed by atoms with Crippen molar-refractivity contribution in [1.82, 2.24) is 5.06 Å². The van der Waals surface area contributed by atoms with E-state index in [1.807, 2.05) is 33.0 Å². The van der Waals surface area contributed by atoms with Crippen molar-refractivity contribution in [2.45, 2.75) is 38.8 Å². The molecule has 1 fully saturated rings. The van der Waals surface area contributed by atoms with Crippen LogP contribution in [0.4, 0.5) is 0 Å². The first-order valence-electron chi connectivity index (χ1n) is 7.55. The van der Waals surface area contributed by atoms with Crippen molar-refractivity contribution in [3.8, 4) is 6.07 Å². The van der Waals surface area contributed by atoms with Crippen LogP contribution >= 0.6 is 0 Å². The fourth-order valence-electron chi connectivity index (χ4n) is 2.50. The fraction of sp³-hybridized carbons (Fsp3) is 0.529. The third-order valence-electron chi connectivity index (χ3n) is 3.64. The lowest BCUT2D eigenvalue weighted by Crippen LogP contribution is -2.19. The Kier molecular flexibility index (Phi) is 5.53. The molecule has 5 heteroatoms. The maximum atomic E-state index is 11.8. The number of hydroxylamine groups is 2. The van der Waals surface area contributed by atoms with Gasteiger partial charge in [-0.15, -0.1) is 0 Å². The SMILES string of the molecule is CC(C)COC(=O)C[C@H]1C[C@@H](c2ccc(C#N)cc2)N(C)O1. The van der Waals surface area contributed by atoms with Crippen LogP contribution < -0.4 is 0 Å². The van der Waals surface area contributed by atoms with Gasteiger partial charge in [0.2, 0.25) is 0 Å². The van der Waals surface area contributed by atoms with Crippen molar-refractivity contribution in [1.29, 1.82) is 5.26 Å². The van der Waals surface area contributed by atoms with E-state index in [1.54, 1.807) is 17.2 Å². The summed E-state index contributed by atoms with van der Waals surface area (Å²) in [5.74, 6) is 0.120. The van der Waals surface area contributed by atoms with Gasteiger partial charge in [-0.2, -0.15) is 10.3 Å². The highest BCUT2D eigenvalue weighted by Crippen LogP contribution is 2.34. The Bertz CT molecular complexity index is 548. The van der Waals surface area contributed by atoms with E-state index >= 15 is 0 Å².